The van der Waals surface area contributed by atoms with Gasteiger partial charge in [-0.3, -0.25) is 20.2 Å². The Kier molecular flexibility index (Phi) is 3.84. The van der Waals surface area contributed by atoms with Gasteiger partial charge in [0.25, 0.3) is 5.75 Å². The number of hydrogen-bond donors (Lipinski definition) is 0. The molecule has 0 radical (unpaired) electrons. The van der Waals surface area contributed by atoms with Crippen LogP contribution in [0, 0.1) is 34.1 Å². The van der Waals surface area contributed by atoms with Crippen LogP contribution in [0.4, 0.5) is 11.4 Å². The quantitative estimate of drug-likeness (QED) is 0.627. The van der Waals surface area contributed by atoms with E-state index in [2.05, 4.69) is 0 Å². The average Bonchev–Trinajstić information content (AvgIpc) is 2.41. The van der Waals surface area contributed by atoms with E-state index in [1.54, 1.807) is 19.1 Å². The van der Waals surface area contributed by atoms with E-state index in [1.165, 1.54) is 18.2 Å². The highest BCUT2D eigenvalue weighted by Crippen LogP contribution is 2.40. The molecule has 0 saturated heterocycles. The summed E-state index contributed by atoms with van der Waals surface area (Å²) in [5.74, 6) is -0.0162. The van der Waals surface area contributed by atoms with Crippen molar-refractivity contribution in [3.8, 4) is 11.5 Å². The molecule has 2 rings (SSSR count). The maximum atomic E-state index is 11.0. The second-order valence-electron chi connectivity index (χ2n) is 4.51. The number of hydrogen-bond acceptors (Lipinski definition) is 5. The smallest absolute Gasteiger partial charge is 0.318 e. The third-order valence-electron chi connectivity index (χ3n) is 2.91. The van der Waals surface area contributed by atoms with E-state index < -0.39 is 21.2 Å². The molecule has 0 N–H and O–H groups in total. The van der Waals surface area contributed by atoms with E-state index in [-0.39, 0.29) is 5.75 Å². The van der Waals surface area contributed by atoms with Crippen molar-refractivity contribution in [3.05, 3.63) is 67.8 Å². The largest absolute Gasteiger partial charge is 0.444 e. The number of nitrogens with zero attached hydrogens (tertiary/aromatic N) is 2. The summed E-state index contributed by atoms with van der Waals surface area (Å²) in [6.07, 6.45) is 0. The summed E-state index contributed by atoms with van der Waals surface area (Å²) in [5.41, 5.74) is 0.854. The molecule has 0 spiro atoms. The van der Waals surface area contributed by atoms with Crippen LogP contribution in [-0.2, 0) is 0 Å². The molecular formula is C14H12N2O5. The molecule has 0 amide bonds. The van der Waals surface area contributed by atoms with Gasteiger partial charge in [0.05, 0.1) is 9.85 Å². The molecule has 0 aliphatic heterocycles. The van der Waals surface area contributed by atoms with Crippen LogP contribution in [0.2, 0.25) is 0 Å². The Hall–Kier alpha value is -2.96. The number of nitro groups is 2. The lowest BCUT2D eigenvalue weighted by molar-refractivity contribution is -0.395. The van der Waals surface area contributed by atoms with Crippen molar-refractivity contribution >= 4 is 11.4 Å². The maximum absolute atomic E-state index is 11.0. The lowest BCUT2D eigenvalue weighted by atomic mass is 10.1. The van der Waals surface area contributed by atoms with Crippen LogP contribution < -0.4 is 4.74 Å². The molecule has 7 nitrogen and oxygen atoms in total. The number of para-hydroxylation sites is 1. The normalized spacial score (nSPS) is 10.2. The second-order valence-corrected chi connectivity index (χ2v) is 4.51. The van der Waals surface area contributed by atoms with Gasteiger partial charge < -0.3 is 4.74 Å². The zero-order chi connectivity index (χ0) is 15.6. The van der Waals surface area contributed by atoms with E-state index >= 15 is 0 Å². The third-order valence-corrected chi connectivity index (χ3v) is 2.91. The summed E-state index contributed by atoms with van der Waals surface area (Å²) in [6.45, 7) is 3.66. The van der Waals surface area contributed by atoms with Crippen LogP contribution in [0.3, 0.4) is 0 Å². The summed E-state index contributed by atoms with van der Waals surface area (Å²) in [4.78, 5) is 20.7. The first kappa shape index (κ1) is 14.4. The van der Waals surface area contributed by atoms with Crippen LogP contribution >= 0.6 is 0 Å². The minimum atomic E-state index is -0.703. The second kappa shape index (κ2) is 5.58. The van der Waals surface area contributed by atoms with Gasteiger partial charge >= 0.3 is 11.4 Å². The molecule has 0 aromatic heterocycles. The Bertz CT molecular complexity index is 695. The van der Waals surface area contributed by atoms with Crippen molar-refractivity contribution in [2.24, 2.45) is 0 Å². The molecule has 108 valence electrons. The Morgan fingerprint density at radius 2 is 1.52 bits per heavy atom. The van der Waals surface area contributed by atoms with Crippen LogP contribution in [0.1, 0.15) is 11.1 Å². The van der Waals surface area contributed by atoms with Crippen molar-refractivity contribution in [3.63, 3.8) is 0 Å². The highest BCUT2D eigenvalue weighted by Gasteiger charge is 2.27. The molecule has 0 unspecified atom stereocenters. The van der Waals surface area contributed by atoms with Gasteiger partial charge in [-0.15, -0.1) is 0 Å². The Balaban J connectivity index is 2.56. The molecule has 0 bridgehead atoms. The van der Waals surface area contributed by atoms with Crippen LogP contribution in [0.5, 0.6) is 11.5 Å². The predicted molar refractivity (Wildman–Crippen MR) is 75.7 cm³/mol. The summed E-state index contributed by atoms with van der Waals surface area (Å²) in [7, 11) is 0. The number of rotatable bonds is 4. The molecule has 0 fully saturated rings. The lowest BCUT2D eigenvalue weighted by Crippen LogP contribution is -1.99. The van der Waals surface area contributed by atoms with E-state index in [1.807, 2.05) is 13.0 Å². The third kappa shape index (κ3) is 2.97. The highest BCUT2D eigenvalue weighted by atomic mass is 16.6. The van der Waals surface area contributed by atoms with Gasteiger partial charge in [-0.2, -0.15) is 0 Å². The van der Waals surface area contributed by atoms with Gasteiger partial charge in [0.1, 0.15) is 5.75 Å². The summed E-state index contributed by atoms with van der Waals surface area (Å²) in [6, 6.07) is 8.83. The number of nitro benzene ring substituents is 2. The molecular weight excluding hydrogens is 276 g/mol. The van der Waals surface area contributed by atoms with Crippen LogP contribution in [-0.4, -0.2) is 9.85 Å². The molecule has 0 aliphatic carbocycles. The van der Waals surface area contributed by atoms with E-state index in [4.69, 9.17) is 4.74 Å². The Morgan fingerprint density at radius 1 is 0.952 bits per heavy atom. The minimum absolute atomic E-state index is 0.345. The molecule has 21 heavy (non-hydrogen) atoms. The number of ether oxygens (including phenoxy) is 1. The van der Waals surface area contributed by atoms with Gasteiger partial charge in [0.2, 0.25) is 0 Å². The zero-order valence-electron chi connectivity index (χ0n) is 11.4. The Labute approximate surface area is 120 Å². The topological polar surface area (TPSA) is 95.5 Å². The standard InChI is InChI=1S/C14H12N2O5/c1-9-6-7-13(10(2)8-9)21-14-11(15(17)18)4-3-5-12(14)16(19)20/h3-8H,1-2H3. The van der Waals surface area contributed by atoms with Crippen molar-refractivity contribution in [1.29, 1.82) is 0 Å². The number of aryl methyl sites for hydroxylation is 2. The summed E-state index contributed by atoms with van der Waals surface area (Å²) in [5, 5.41) is 22.1. The minimum Gasteiger partial charge on any atom is -0.444 e. The SMILES string of the molecule is Cc1ccc(Oc2c([N+](=O)[O-])cccc2[N+](=O)[O-])c(C)c1. The molecule has 0 aliphatic rings. The van der Waals surface area contributed by atoms with Gasteiger partial charge in [-0.25, -0.2) is 0 Å². The fourth-order valence-electron chi connectivity index (χ4n) is 1.93. The molecule has 0 atom stereocenters. The van der Waals surface area contributed by atoms with Gasteiger partial charge in [-0.1, -0.05) is 17.7 Å². The maximum Gasteiger partial charge on any atom is 0.318 e. The lowest BCUT2D eigenvalue weighted by Gasteiger charge is -2.09. The van der Waals surface area contributed by atoms with Gasteiger partial charge in [0, 0.05) is 12.1 Å². The predicted octanol–water partition coefficient (Wildman–Crippen LogP) is 3.91. The molecule has 0 saturated carbocycles. The molecule has 2 aromatic carbocycles. The van der Waals surface area contributed by atoms with E-state index in [9.17, 15) is 20.2 Å². The van der Waals surface area contributed by atoms with Gasteiger partial charge in [-0.05, 0) is 31.5 Å². The first-order valence-electron chi connectivity index (χ1n) is 6.07. The average molecular weight is 288 g/mol. The van der Waals surface area contributed by atoms with E-state index in [0.717, 1.165) is 11.1 Å². The molecule has 0 heterocycles. The summed E-state index contributed by atoms with van der Waals surface area (Å²) >= 11 is 0. The first-order chi connectivity index (χ1) is 9.90. The molecule has 7 heteroatoms. The van der Waals surface area contributed by atoms with Gasteiger partial charge in [0.15, 0.2) is 0 Å². The zero-order valence-corrected chi connectivity index (χ0v) is 11.4. The summed E-state index contributed by atoms with van der Waals surface area (Å²) < 4.78 is 5.47. The fraction of sp³-hybridized carbons (Fsp3) is 0.143. The number of benzene rings is 2. The van der Waals surface area contributed by atoms with Crippen molar-refractivity contribution < 1.29 is 14.6 Å². The van der Waals surface area contributed by atoms with E-state index in [0.29, 0.717) is 5.75 Å². The fourth-order valence-corrected chi connectivity index (χ4v) is 1.93. The molecule has 2 aromatic rings. The van der Waals surface area contributed by atoms with Crippen LogP contribution in [0.15, 0.2) is 36.4 Å². The first-order valence-corrected chi connectivity index (χ1v) is 6.07. The highest BCUT2D eigenvalue weighted by molar-refractivity contribution is 5.61. The van der Waals surface area contributed by atoms with Crippen molar-refractivity contribution in [2.45, 2.75) is 13.8 Å². The Morgan fingerprint density at radius 3 is 2.00 bits per heavy atom. The monoisotopic (exact) mass is 288 g/mol. The van der Waals surface area contributed by atoms with Crippen molar-refractivity contribution in [2.75, 3.05) is 0 Å². The van der Waals surface area contributed by atoms with Crippen LogP contribution in [0.25, 0.3) is 0 Å². The van der Waals surface area contributed by atoms with Crippen molar-refractivity contribution in [1.82, 2.24) is 0 Å².